The molecule has 3 rings (SSSR count). The number of carbonyl (C=O) groups excluding carboxylic acids is 1. The van der Waals surface area contributed by atoms with E-state index in [0.29, 0.717) is 24.8 Å². The molecule has 1 saturated carbocycles. The number of carbonyl (C=O) groups is 1. The van der Waals surface area contributed by atoms with E-state index in [-0.39, 0.29) is 23.3 Å². The van der Waals surface area contributed by atoms with E-state index in [9.17, 15) is 4.79 Å². The van der Waals surface area contributed by atoms with Crippen LogP contribution in [0.25, 0.3) is 0 Å². The number of amides is 1. The van der Waals surface area contributed by atoms with Crippen molar-refractivity contribution >= 4 is 17.5 Å². The van der Waals surface area contributed by atoms with Crippen molar-refractivity contribution in [2.75, 3.05) is 26.9 Å². The lowest BCUT2D eigenvalue weighted by Gasteiger charge is -2.39. The Morgan fingerprint density at radius 1 is 1.40 bits per heavy atom. The summed E-state index contributed by atoms with van der Waals surface area (Å²) in [7, 11) is 1.66. The molecule has 1 aromatic rings. The van der Waals surface area contributed by atoms with Gasteiger partial charge in [-0.1, -0.05) is 18.0 Å². The summed E-state index contributed by atoms with van der Waals surface area (Å²) < 4.78 is 11.1. The van der Waals surface area contributed by atoms with Gasteiger partial charge in [0.15, 0.2) is 0 Å². The molecule has 2 fully saturated rings. The second-order valence-corrected chi connectivity index (χ2v) is 7.59. The second-order valence-electron chi connectivity index (χ2n) is 7.16. The van der Waals surface area contributed by atoms with Crippen LogP contribution in [0.4, 0.5) is 0 Å². The van der Waals surface area contributed by atoms with E-state index in [4.69, 9.17) is 26.8 Å². The van der Waals surface area contributed by atoms with Crippen molar-refractivity contribution in [3.8, 4) is 5.75 Å². The Labute approximate surface area is 154 Å². The van der Waals surface area contributed by atoms with Crippen molar-refractivity contribution in [1.82, 2.24) is 5.32 Å². The fourth-order valence-corrected chi connectivity index (χ4v) is 4.27. The summed E-state index contributed by atoms with van der Waals surface area (Å²) in [6.07, 6.45) is 4.48. The molecule has 0 radical (unpaired) electrons. The van der Waals surface area contributed by atoms with Crippen LogP contribution in [-0.4, -0.2) is 38.8 Å². The van der Waals surface area contributed by atoms with Crippen molar-refractivity contribution < 1.29 is 14.3 Å². The maximum Gasteiger partial charge on any atom is 0.224 e. The zero-order valence-electron chi connectivity index (χ0n) is 14.7. The molecular weight excluding hydrogens is 340 g/mol. The van der Waals surface area contributed by atoms with Crippen molar-refractivity contribution in [3.05, 3.63) is 28.8 Å². The van der Waals surface area contributed by atoms with E-state index in [0.717, 1.165) is 43.4 Å². The van der Waals surface area contributed by atoms with Crippen LogP contribution in [0.15, 0.2) is 18.2 Å². The van der Waals surface area contributed by atoms with Crippen LogP contribution in [0.5, 0.6) is 5.75 Å². The zero-order valence-corrected chi connectivity index (χ0v) is 15.5. The van der Waals surface area contributed by atoms with Gasteiger partial charge >= 0.3 is 0 Å². The number of hydrogen-bond acceptors (Lipinski definition) is 4. The lowest BCUT2D eigenvalue weighted by atomic mass is 9.73. The molecule has 0 aromatic heterocycles. The minimum Gasteiger partial charge on any atom is -0.496 e. The van der Waals surface area contributed by atoms with Crippen LogP contribution in [0.2, 0.25) is 5.02 Å². The van der Waals surface area contributed by atoms with Gasteiger partial charge in [0.1, 0.15) is 5.75 Å². The van der Waals surface area contributed by atoms with Gasteiger partial charge < -0.3 is 20.5 Å². The molecule has 3 N–H and O–H groups in total. The average molecular weight is 367 g/mol. The molecule has 0 unspecified atom stereocenters. The van der Waals surface area contributed by atoms with E-state index in [1.165, 1.54) is 0 Å². The molecule has 25 heavy (non-hydrogen) atoms. The molecule has 138 valence electrons. The summed E-state index contributed by atoms with van der Waals surface area (Å²) in [6.45, 7) is 1.87. The number of methoxy groups -OCH3 is 1. The van der Waals surface area contributed by atoms with Crippen molar-refractivity contribution in [1.29, 1.82) is 0 Å². The Balaban J connectivity index is 1.82. The quantitative estimate of drug-likeness (QED) is 0.840. The monoisotopic (exact) mass is 366 g/mol. The third kappa shape index (κ3) is 3.94. The first-order chi connectivity index (χ1) is 12.1. The number of rotatable bonds is 5. The van der Waals surface area contributed by atoms with Gasteiger partial charge in [0.05, 0.1) is 13.0 Å². The van der Waals surface area contributed by atoms with E-state index < -0.39 is 0 Å². The van der Waals surface area contributed by atoms with Gasteiger partial charge in [-0.25, -0.2) is 0 Å². The average Bonchev–Trinajstić information content (AvgIpc) is 3.06. The maximum atomic E-state index is 12.6. The summed E-state index contributed by atoms with van der Waals surface area (Å²) in [5.74, 6) is 0.799. The molecule has 0 spiro atoms. The highest BCUT2D eigenvalue weighted by atomic mass is 35.5. The zero-order chi connectivity index (χ0) is 17.9. The van der Waals surface area contributed by atoms with E-state index >= 15 is 0 Å². The van der Waals surface area contributed by atoms with Crippen LogP contribution in [0.3, 0.4) is 0 Å². The summed E-state index contributed by atoms with van der Waals surface area (Å²) in [5.41, 5.74) is 6.89. The van der Waals surface area contributed by atoms with Gasteiger partial charge in [-0.05, 0) is 43.9 Å². The molecule has 0 bridgehead atoms. The minimum absolute atomic E-state index is 0.0219. The third-order valence-corrected chi connectivity index (χ3v) is 5.93. The summed E-state index contributed by atoms with van der Waals surface area (Å²) in [6, 6.07) is 5.65. The van der Waals surface area contributed by atoms with Crippen LogP contribution in [0.1, 0.15) is 37.7 Å². The molecule has 1 heterocycles. The molecule has 1 aliphatic carbocycles. The number of halogens is 1. The lowest BCUT2D eigenvalue weighted by molar-refractivity contribution is -0.125. The highest BCUT2D eigenvalue weighted by Gasteiger charge is 2.39. The number of hydrogen-bond donors (Lipinski definition) is 2. The number of ether oxygens (including phenoxy) is 2. The van der Waals surface area contributed by atoms with Gasteiger partial charge in [-0.15, -0.1) is 0 Å². The molecule has 1 aromatic carbocycles. The molecule has 6 heteroatoms. The summed E-state index contributed by atoms with van der Waals surface area (Å²) in [5, 5.41) is 3.83. The predicted molar refractivity (Wildman–Crippen MR) is 98.1 cm³/mol. The number of benzene rings is 1. The highest BCUT2D eigenvalue weighted by molar-refractivity contribution is 6.30. The van der Waals surface area contributed by atoms with Crippen molar-refractivity contribution in [2.45, 2.75) is 43.6 Å². The third-order valence-electron chi connectivity index (χ3n) is 5.69. The van der Waals surface area contributed by atoms with Gasteiger partial charge in [0, 0.05) is 41.8 Å². The maximum absolute atomic E-state index is 12.6. The van der Waals surface area contributed by atoms with Crippen molar-refractivity contribution in [3.63, 3.8) is 0 Å². The largest absolute Gasteiger partial charge is 0.496 e. The first-order valence-electron chi connectivity index (χ1n) is 9.01. The van der Waals surface area contributed by atoms with Gasteiger partial charge in [-0.3, -0.25) is 4.79 Å². The van der Waals surface area contributed by atoms with Crippen molar-refractivity contribution in [2.24, 2.45) is 11.7 Å². The Morgan fingerprint density at radius 3 is 2.80 bits per heavy atom. The SMILES string of the molecule is COc1ccc(Cl)cc1C1(CNC(=O)[C@H]2CCC[C@@H]2N)CCOCC1. The highest BCUT2D eigenvalue weighted by Crippen LogP contribution is 2.41. The Morgan fingerprint density at radius 2 is 2.16 bits per heavy atom. The molecule has 1 amide bonds. The fraction of sp³-hybridized carbons (Fsp3) is 0.632. The number of nitrogens with one attached hydrogen (secondary N) is 1. The summed E-state index contributed by atoms with van der Waals surface area (Å²) in [4.78, 5) is 12.6. The Bertz CT molecular complexity index is 617. The summed E-state index contributed by atoms with van der Waals surface area (Å²) >= 11 is 6.25. The fourth-order valence-electron chi connectivity index (χ4n) is 4.10. The van der Waals surface area contributed by atoms with Crippen LogP contribution in [0, 0.1) is 5.92 Å². The smallest absolute Gasteiger partial charge is 0.224 e. The molecule has 2 aliphatic rings. The first-order valence-corrected chi connectivity index (χ1v) is 9.38. The van der Waals surface area contributed by atoms with Gasteiger partial charge in [-0.2, -0.15) is 0 Å². The molecular formula is C19H27ClN2O3. The van der Waals surface area contributed by atoms with E-state index in [1.807, 2.05) is 18.2 Å². The topological polar surface area (TPSA) is 73.6 Å². The van der Waals surface area contributed by atoms with E-state index in [1.54, 1.807) is 7.11 Å². The normalized spacial score (nSPS) is 25.6. The Kier molecular flexibility index (Phi) is 5.87. The molecule has 1 saturated heterocycles. The standard InChI is InChI=1S/C19H27ClN2O3/c1-24-17-6-5-13(20)11-15(17)19(7-9-25-10-8-19)12-22-18(23)14-3-2-4-16(14)21/h5-6,11,14,16H,2-4,7-10,12,21H2,1H3,(H,22,23)/t14-,16-/m0/s1. The molecule has 1 aliphatic heterocycles. The Hall–Kier alpha value is -1.30. The number of nitrogens with two attached hydrogens (primary N) is 1. The minimum atomic E-state index is -0.229. The van der Waals surface area contributed by atoms with Crippen LogP contribution >= 0.6 is 11.6 Å². The molecule has 5 nitrogen and oxygen atoms in total. The molecule has 2 atom stereocenters. The first kappa shape index (κ1) is 18.5. The van der Waals surface area contributed by atoms with Gasteiger partial charge in [0.2, 0.25) is 5.91 Å². The predicted octanol–water partition coefficient (Wildman–Crippen LogP) is 2.64. The van der Waals surface area contributed by atoms with Gasteiger partial charge in [0.25, 0.3) is 0 Å². The van der Waals surface area contributed by atoms with Crippen LogP contribution < -0.4 is 15.8 Å². The lowest BCUT2D eigenvalue weighted by Crippen LogP contribution is -2.47. The second kappa shape index (κ2) is 7.94. The van der Waals surface area contributed by atoms with E-state index in [2.05, 4.69) is 5.32 Å². The van der Waals surface area contributed by atoms with Crippen LogP contribution in [-0.2, 0) is 14.9 Å².